The zero-order valence-corrected chi connectivity index (χ0v) is 9.80. The van der Waals surface area contributed by atoms with Gasteiger partial charge in [-0.05, 0) is 19.8 Å². The Bertz CT molecular complexity index is 186. The first-order valence-electron chi connectivity index (χ1n) is 6.01. The predicted molar refractivity (Wildman–Crippen MR) is 63.4 cm³/mol. The Kier molecular flexibility index (Phi) is 5.29. The average molecular weight is 212 g/mol. The van der Waals surface area contributed by atoms with Gasteiger partial charge in [-0.2, -0.15) is 0 Å². The fraction of sp³-hybridized carbons (Fsp3) is 0.833. The number of hydrogen-bond acceptors (Lipinski definition) is 3. The summed E-state index contributed by atoms with van der Waals surface area (Å²) in [6.45, 7) is 6.63. The summed E-state index contributed by atoms with van der Waals surface area (Å²) in [6, 6.07) is 0.0653. The van der Waals surface area contributed by atoms with E-state index in [2.05, 4.69) is 12.0 Å². The van der Waals surface area contributed by atoms with Crippen molar-refractivity contribution in [2.24, 2.45) is 5.84 Å². The molecule has 1 fully saturated rings. The van der Waals surface area contributed by atoms with Crippen molar-refractivity contribution in [1.29, 1.82) is 0 Å². The quantitative estimate of drug-likeness (QED) is 0.318. The van der Waals surface area contributed by atoms with Gasteiger partial charge in [0.05, 0.1) is 11.6 Å². The van der Waals surface area contributed by atoms with E-state index in [1.54, 1.807) is 0 Å². The van der Waals surface area contributed by atoms with Crippen LogP contribution in [0.4, 0.5) is 0 Å². The third-order valence-corrected chi connectivity index (χ3v) is 3.36. The zero-order chi connectivity index (χ0) is 11.1. The molecule has 3 nitrogen and oxygen atoms in total. The first kappa shape index (κ1) is 12.7. The molecule has 0 bridgehead atoms. The Morgan fingerprint density at radius 2 is 2.00 bits per heavy atom. The summed E-state index contributed by atoms with van der Waals surface area (Å²) < 4.78 is 5.98. The normalized spacial score (nSPS) is 23.1. The van der Waals surface area contributed by atoms with Gasteiger partial charge in [-0.1, -0.05) is 31.8 Å². The predicted octanol–water partition coefficient (Wildman–Crippen LogP) is 2.13. The highest BCUT2D eigenvalue weighted by Gasteiger charge is 2.37. The summed E-state index contributed by atoms with van der Waals surface area (Å²) >= 11 is 0. The summed E-state index contributed by atoms with van der Waals surface area (Å²) in [5.41, 5.74) is 2.71. The van der Waals surface area contributed by atoms with Gasteiger partial charge in [-0.25, -0.2) is 0 Å². The van der Waals surface area contributed by atoms with Crippen molar-refractivity contribution in [3.05, 3.63) is 12.7 Å². The van der Waals surface area contributed by atoms with Crippen molar-refractivity contribution in [3.8, 4) is 0 Å². The molecule has 0 spiro atoms. The van der Waals surface area contributed by atoms with E-state index in [0.29, 0.717) is 0 Å². The average Bonchev–Trinajstić information content (AvgIpc) is 2.47. The molecule has 1 saturated carbocycles. The minimum atomic E-state index is -0.123. The molecule has 1 aliphatic rings. The van der Waals surface area contributed by atoms with E-state index in [0.717, 1.165) is 19.4 Å². The highest BCUT2D eigenvalue weighted by Crippen LogP contribution is 2.33. The summed E-state index contributed by atoms with van der Waals surface area (Å²) in [7, 11) is 0. The smallest absolute Gasteiger partial charge is 0.0883 e. The largest absolute Gasteiger partial charge is 0.373 e. The lowest BCUT2D eigenvalue weighted by atomic mass is 9.86. The van der Waals surface area contributed by atoms with Gasteiger partial charge in [0.15, 0.2) is 0 Å². The zero-order valence-electron chi connectivity index (χ0n) is 9.80. The lowest BCUT2D eigenvalue weighted by Gasteiger charge is -2.38. The SMILES string of the molecule is C=CC(NN)C1(OCC)CCCCCC1. The van der Waals surface area contributed by atoms with Crippen molar-refractivity contribution in [2.75, 3.05) is 6.61 Å². The van der Waals surface area contributed by atoms with E-state index in [1.807, 2.05) is 13.0 Å². The van der Waals surface area contributed by atoms with Crippen LogP contribution in [0, 0.1) is 0 Å². The van der Waals surface area contributed by atoms with Crippen molar-refractivity contribution in [1.82, 2.24) is 5.43 Å². The minimum Gasteiger partial charge on any atom is -0.373 e. The maximum Gasteiger partial charge on any atom is 0.0883 e. The molecule has 0 aromatic rings. The van der Waals surface area contributed by atoms with Gasteiger partial charge in [0.25, 0.3) is 0 Å². The first-order valence-corrected chi connectivity index (χ1v) is 6.01. The molecule has 0 aromatic carbocycles. The highest BCUT2D eigenvalue weighted by molar-refractivity contribution is 5.02. The second-order valence-electron chi connectivity index (χ2n) is 4.29. The monoisotopic (exact) mass is 212 g/mol. The van der Waals surface area contributed by atoms with Gasteiger partial charge in [-0.15, -0.1) is 6.58 Å². The van der Waals surface area contributed by atoms with Crippen molar-refractivity contribution >= 4 is 0 Å². The Morgan fingerprint density at radius 3 is 2.40 bits per heavy atom. The van der Waals surface area contributed by atoms with Crippen LogP contribution in [0.1, 0.15) is 45.4 Å². The van der Waals surface area contributed by atoms with Crippen LogP contribution in [-0.2, 0) is 4.74 Å². The van der Waals surface area contributed by atoms with Gasteiger partial charge in [0.1, 0.15) is 0 Å². The van der Waals surface area contributed by atoms with Gasteiger partial charge in [-0.3, -0.25) is 11.3 Å². The van der Waals surface area contributed by atoms with Crippen LogP contribution in [0.25, 0.3) is 0 Å². The summed E-state index contributed by atoms with van der Waals surface area (Å²) in [5.74, 6) is 5.58. The number of hydrazine groups is 1. The summed E-state index contributed by atoms with van der Waals surface area (Å²) in [6.07, 6.45) is 9.12. The van der Waals surface area contributed by atoms with Crippen molar-refractivity contribution in [2.45, 2.75) is 57.1 Å². The maximum atomic E-state index is 5.98. The molecule has 1 unspecified atom stereocenters. The number of nitrogens with one attached hydrogen (secondary N) is 1. The number of nitrogens with two attached hydrogens (primary N) is 1. The topological polar surface area (TPSA) is 47.3 Å². The van der Waals surface area contributed by atoms with Crippen LogP contribution in [0.3, 0.4) is 0 Å². The van der Waals surface area contributed by atoms with E-state index >= 15 is 0 Å². The molecule has 0 radical (unpaired) electrons. The summed E-state index contributed by atoms with van der Waals surface area (Å²) in [5, 5.41) is 0. The van der Waals surface area contributed by atoms with E-state index < -0.39 is 0 Å². The second-order valence-corrected chi connectivity index (χ2v) is 4.29. The molecule has 88 valence electrons. The molecule has 3 heteroatoms. The van der Waals surface area contributed by atoms with E-state index in [-0.39, 0.29) is 11.6 Å². The second kappa shape index (κ2) is 6.26. The Labute approximate surface area is 93.0 Å². The van der Waals surface area contributed by atoms with Crippen LogP contribution in [0.15, 0.2) is 12.7 Å². The molecule has 0 aliphatic heterocycles. The standard InChI is InChI=1S/C12H24N2O/c1-3-11(14-13)12(15-4-2)9-7-5-6-8-10-12/h3,11,14H,1,4-10,13H2,2H3. The molecule has 1 atom stereocenters. The number of hydrogen-bond donors (Lipinski definition) is 2. The fourth-order valence-electron chi connectivity index (χ4n) is 2.59. The third kappa shape index (κ3) is 3.03. The van der Waals surface area contributed by atoms with Crippen LogP contribution in [-0.4, -0.2) is 18.2 Å². The van der Waals surface area contributed by atoms with Crippen LogP contribution in [0.2, 0.25) is 0 Å². The Morgan fingerprint density at radius 1 is 1.40 bits per heavy atom. The van der Waals surface area contributed by atoms with E-state index in [9.17, 15) is 0 Å². The molecule has 0 amide bonds. The van der Waals surface area contributed by atoms with Gasteiger partial charge >= 0.3 is 0 Å². The lowest BCUT2D eigenvalue weighted by molar-refractivity contribution is -0.0661. The molecule has 1 aliphatic carbocycles. The van der Waals surface area contributed by atoms with Crippen LogP contribution < -0.4 is 11.3 Å². The number of ether oxygens (including phenoxy) is 1. The highest BCUT2D eigenvalue weighted by atomic mass is 16.5. The first-order chi connectivity index (χ1) is 7.29. The molecule has 0 aromatic heterocycles. The Balaban J connectivity index is 2.77. The molecule has 0 saturated heterocycles. The van der Waals surface area contributed by atoms with Gasteiger partial charge < -0.3 is 4.74 Å². The van der Waals surface area contributed by atoms with Gasteiger partial charge in [0, 0.05) is 6.61 Å². The molecule has 3 N–H and O–H groups in total. The number of rotatable bonds is 5. The Hall–Kier alpha value is -0.380. The van der Waals surface area contributed by atoms with Gasteiger partial charge in [0.2, 0.25) is 0 Å². The molecule has 0 heterocycles. The maximum absolute atomic E-state index is 5.98. The van der Waals surface area contributed by atoms with Crippen molar-refractivity contribution in [3.63, 3.8) is 0 Å². The summed E-state index contributed by atoms with van der Waals surface area (Å²) in [4.78, 5) is 0. The molecule has 1 rings (SSSR count). The van der Waals surface area contributed by atoms with Crippen LogP contribution >= 0.6 is 0 Å². The molecular weight excluding hydrogens is 188 g/mol. The van der Waals surface area contributed by atoms with E-state index in [4.69, 9.17) is 10.6 Å². The lowest BCUT2D eigenvalue weighted by Crippen LogP contribution is -2.53. The fourth-order valence-corrected chi connectivity index (χ4v) is 2.59. The van der Waals surface area contributed by atoms with E-state index in [1.165, 1.54) is 25.7 Å². The molecule has 15 heavy (non-hydrogen) atoms. The minimum absolute atomic E-state index is 0.0653. The van der Waals surface area contributed by atoms with Crippen LogP contribution in [0.5, 0.6) is 0 Å². The third-order valence-electron chi connectivity index (χ3n) is 3.36. The van der Waals surface area contributed by atoms with Crippen molar-refractivity contribution < 1.29 is 4.74 Å². The molecular formula is C12H24N2O.